The maximum Gasteiger partial charge on any atom is 0.253 e. The van der Waals surface area contributed by atoms with Gasteiger partial charge >= 0.3 is 0 Å². The van der Waals surface area contributed by atoms with Crippen LogP contribution in [0.3, 0.4) is 0 Å². The summed E-state index contributed by atoms with van der Waals surface area (Å²) in [4.78, 5) is 17.6. The molecule has 0 spiro atoms. The molecule has 0 saturated carbocycles. The Hall–Kier alpha value is -2.34. The van der Waals surface area contributed by atoms with E-state index in [9.17, 15) is 4.79 Å². The van der Waals surface area contributed by atoms with Gasteiger partial charge in [0.25, 0.3) is 5.91 Å². The maximum atomic E-state index is 13.0. The van der Waals surface area contributed by atoms with E-state index < -0.39 is 0 Å². The van der Waals surface area contributed by atoms with Crippen molar-refractivity contribution in [2.75, 3.05) is 6.54 Å². The van der Waals surface area contributed by atoms with E-state index >= 15 is 0 Å². The van der Waals surface area contributed by atoms with Crippen molar-refractivity contribution in [2.45, 2.75) is 59.9 Å². The number of unbranched alkanes of at least 4 members (excludes halogenated alkanes) is 1. The number of amides is 1. The van der Waals surface area contributed by atoms with Crippen LogP contribution in [0.4, 0.5) is 0 Å². The number of rotatable bonds is 10. The minimum atomic E-state index is -0.0103. The summed E-state index contributed by atoms with van der Waals surface area (Å²) in [5.41, 5.74) is 3.49. The van der Waals surface area contributed by atoms with Gasteiger partial charge in [-0.05, 0) is 44.4 Å². The monoisotopic (exact) mass is 413 g/mol. The fraction of sp³-hybridized carbons (Fsp3) is 0.478. The second-order valence-corrected chi connectivity index (χ2v) is 8.63. The summed E-state index contributed by atoms with van der Waals surface area (Å²) in [5, 5.41) is 6.22. The van der Waals surface area contributed by atoms with E-state index in [1.165, 1.54) is 12.8 Å². The zero-order valence-electron chi connectivity index (χ0n) is 17.8. The van der Waals surface area contributed by atoms with Gasteiger partial charge in [0.1, 0.15) is 5.76 Å². The van der Waals surface area contributed by atoms with Crippen LogP contribution in [0, 0.1) is 19.8 Å². The Morgan fingerprint density at radius 2 is 2.17 bits per heavy atom. The Morgan fingerprint density at radius 3 is 2.79 bits per heavy atom. The first-order valence-electron chi connectivity index (χ1n) is 10.5. The SMILES string of the molecule is CCCCC(CC)CNC(=O)c1cc(-c2csc(C)n2)n(Cc2ccco2)c1C. The van der Waals surface area contributed by atoms with Crippen molar-refractivity contribution in [1.82, 2.24) is 14.9 Å². The lowest BCUT2D eigenvalue weighted by Crippen LogP contribution is -2.29. The van der Waals surface area contributed by atoms with Gasteiger partial charge < -0.3 is 14.3 Å². The lowest BCUT2D eigenvalue weighted by atomic mass is 9.99. The van der Waals surface area contributed by atoms with E-state index in [1.807, 2.05) is 37.4 Å². The fourth-order valence-corrected chi connectivity index (χ4v) is 4.21. The first kappa shape index (κ1) is 21.4. The topological polar surface area (TPSA) is 60.1 Å². The second-order valence-electron chi connectivity index (χ2n) is 7.57. The quantitative estimate of drug-likeness (QED) is 0.456. The van der Waals surface area contributed by atoms with E-state index in [1.54, 1.807) is 17.6 Å². The van der Waals surface area contributed by atoms with Crippen LogP contribution >= 0.6 is 11.3 Å². The minimum absolute atomic E-state index is 0.0103. The third kappa shape index (κ3) is 5.18. The van der Waals surface area contributed by atoms with Crippen LogP contribution < -0.4 is 5.32 Å². The average molecular weight is 414 g/mol. The summed E-state index contributed by atoms with van der Waals surface area (Å²) in [6, 6.07) is 5.81. The van der Waals surface area contributed by atoms with E-state index in [0.717, 1.165) is 47.2 Å². The summed E-state index contributed by atoms with van der Waals surface area (Å²) in [6.07, 6.45) is 6.32. The van der Waals surface area contributed by atoms with Crippen molar-refractivity contribution in [1.29, 1.82) is 0 Å². The van der Waals surface area contributed by atoms with Crippen LogP contribution in [0.5, 0.6) is 0 Å². The van der Waals surface area contributed by atoms with Gasteiger partial charge in [0.2, 0.25) is 0 Å². The molecular weight excluding hydrogens is 382 g/mol. The predicted molar refractivity (Wildman–Crippen MR) is 118 cm³/mol. The first-order valence-corrected chi connectivity index (χ1v) is 11.3. The smallest absolute Gasteiger partial charge is 0.253 e. The molecule has 0 bridgehead atoms. The number of hydrogen-bond donors (Lipinski definition) is 1. The van der Waals surface area contributed by atoms with Gasteiger partial charge in [0.15, 0.2) is 0 Å². The Balaban J connectivity index is 1.84. The van der Waals surface area contributed by atoms with Crippen molar-refractivity contribution in [3.63, 3.8) is 0 Å². The Labute approximate surface area is 177 Å². The van der Waals surface area contributed by atoms with Gasteiger partial charge in [-0.1, -0.05) is 33.1 Å². The number of hydrogen-bond acceptors (Lipinski definition) is 4. The molecule has 3 rings (SSSR count). The molecule has 0 radical (unpaired) electrons. The average Bonchev–Trinajstić information content (AvgIpc) is 3.44. The van der Waals surface area contributed by atoms with Crippen molar-refractivity contribution in [3.8, 4) is 11.4 Å². The van der Waals surface area contributed by atoms with Gasteiger partial charge in [-0.25, -0.2) is 4.98 Å². The minimum Gasteiger partial charge on any atom is -0.467 e. The molecule has 3 aromatic rings. The molecule has 5 nitrogen and oxygen atoms in total. The van der Waals surface area contributed by atoms with Crippen molar-refractivity contribution >= 4 is 17.2 Å². The third-order valence-corrected chi connectivity index (χ3v) is 6.25. The fourth-order valence-electron chi connectivity index (χ4n) is 3.61. The highest BCUT2D eigenvalue weighted by Crippen LogP contribution is 2.28. The van der Waals surface area contributed by atoms with Crippen LogP contribution in [0.1, 0.15) is 66.4 Å². The van der Waals surface area contributed by atoms with Crippen molar-refractivity contribution in [3.05, 3.63) is 51.9 Å². The molecule has 1 N–H and O–H groups in total. The molecule has 0 saturated heterocycles. The van der Waals surface area contributed by atoms with E-state index in [0.29, 0.717) is 18.0 Å². The van der Waals surface area contributed by atoms with E-state index in [2.05, 4.69) is 28.7 Å². The molecule has 6 heteroatoms. The van der Waals surface area contributed by atoms with Crippen LogP contribution in [-0.2, 0) is 6.54 Å². The number of aromatic nitrogens is 2. The Morgan fingerprint density at radius 1 is 1.34 bits per heavy atom. The molecule has 3 aromatic heterocycles. The molecule has 0 aliphatic rings. The van der Waals surface area contributed by atoms with Crippen LogP contribution in [0.25, 0.3) is 11.4 Å². The lowest BCUT2D eigenvalue weighted by Gasteiger charge is -2.15. The number of furan rings is 1. The number of thiazole rings is 1. The van der Waals surface area contributed by atoms with Crippen molar-refractivity contribution < 1.29 is 9.21 Å². The molecule has 0 aliphatic heterocycles. The molecule has 1 unspecified atom stereocenters. The molecule has 29 heavy (non-hydrogen) atoms. The second kappa shape index (κ2) is 9.92. The lowest BCUT2D eigenvalue weighted by molar-refractivity contribution is 0.0945. The van der Waals surface area contributed by atoms with Crippen LogP contribution in [0.2, 0.25) is 0 Å². The predicted octanol–water partition coefficient (Wildman–Crippen LogP) is 5.82. The highest BCUT2D eigenvalue weighted by atomic mass is 32.1. The molecule has 0 aromatic carbocycles. The van der Waals surface area contributed by atoms with Crippen LogP contribution in [0.15, 0.2) is 34.3 Å². The number of nitrogens with one attached hydrogen (secondary N) is 1. The third-order valence-electron chi connectivity index (χ3n) is 5.48. The molecule has 1 amide bonds. The van der Waals surface area contributed by atoms with Gasteiger partial charge in [0, 0.05) is 17.6 Å². The molecule has 1 atom stereocenters. The summed E-state index contributed by atoms with van der Waals surface area (Å²) < 4.78 is 7.67. The van der Waals surface area contributed by atoms with E-state index in [4.69, 9.17) is 4.42 Å². The largest absolute Gasteiger partial charge is 0.467 e. The highest BCUT2D eigenvalue weighted by molar-refractivity contribution is 7.09. The van der Waals surface area contributed by atoms with Gasteiger partial charge in [-0.2, -0.15) is 0 Å². The van der Waals surface area contributed by atoms with Gasteiger partial charge in [0.05, 0.1) is 34.8 Å². The van der Waals surface area contributed by atoms with Crippen molar-refractivity contribution in [2.24, 2.45) is 5.92 Å². The van der Waals surface area contributed by atoms with Gasteiger partial charge in [-0.3, -0.25) is 4.79 Å². The Kier molecular flexibility index (Phi) is 7.31. The summed E-state index contributed by atoms with van der Waals surface area (Å²) >= 11 is 1.62. The maximum absolute atomic E-state index is 13.0. The van der Waals surface area contributed by atoms with E-state index in [-0.39, 0.29) is 5.91 Å². The highest BCUT2D eigenvalue weighted by Gasteiger charge is 2.21. The normalized spacial score (nSPS) is 12.3. The first-order chi connectivity index (χ1) is 14.0. The summed E-state index contributed by atoms with van der Waals surface area (Å²) in [6.45, 7) is 9.69. The molecular formula is C23H31N3O2S. The Bertz CT molecular complexity index is 924. The summed E-state index contributed by atoms with van der Waals surface area (Å²) in [5.74, 6) is 1.38. The zero-order valence-corrected chi connectivity index (χ0v) is 18.6. The van der Waals surface area contributed by atoms with Crippen LogP contribution in [-0.4, -0.2) is 22.0 Å². The number of nitrogens with zero attached hydrogens (tertiary/aromatic N) is 2. The molecule has 3 heterocycles. The molecule has 0 fully saturated rings. The standard InChI is InChI=1S/C23H31N3O2S/c1-5-7-9-18(6-2)13-24-23(27)20-12-22(21-15-29-17(4)25-21)26(16(20)3)14-19-10-8-11-28-19/h8,10-12,15,18H,5-7,9,13-14H2,1-4H3,(H,24,27). The number of carbonyl (C=O) groups excluding carboxylic acids is 1. The molecule has 156 valence electrons. The molecule has 0 aliphatic carbocycles. The number of aryl methyl sites for hydroxylation is 1. The van der Waals surface area contributed by atoms with Gasteiger partial charge in [-0.15, -0.1) is 11.3 Å². The summed E-state index contributed by atoms with van der Waals surface area (Å²) in [7, 11) is 0. The number of carbonyl (C=O) groups is 1. The zero-order chi connectivity index (χ0) is 20.8.